The third kappa shape index (κ3) is 4.30. The van der Waals surface area contributed by atoms with Crippen LogP contribution in [-0.4, -0.2) is 56.1 Å². The lowest BCUT2D eigenvalue weighted by Crippen LogP contribution is -2.50. The largest absolute Gasteiger partial charge is 0.293 e. The lowest BCUT2D eigenvalue weighted by atomic mass is 10.2. The third-order valence-electron chi connectivity index (χ3n) is 4.08. The van der Waals surface area contributed by atoms with Gasteiger partial charge in [0.05, 0.1) is 17.2 Å². The maximum atomic E-state index is 12.5. The van der Waals surface area contributed by atoms with Crippen LogP contribution < -0.4 is 0 Å². The van der Waals surface area contributed by atoms with Gasteiger partial charge in [-0.2, -0.15) is 4.31 Å². The van der Waals surface area contributed by atoms with Gasteiger partial charge in [-0.3, -0.25) is 9.69 Å². The molecule has 0 atom stereocenters. The van der Waals surface area contributed by atoms with Crippen LogP contribution in [0.25, 0.3) is 0 Å². The van der Waals surface area contributed by atoms with Crippen LogP contribution in [0.3, 0.4) is 0 Å². The van der Waals surface area contributed by atoms with Crippen molar-refractivity contribution in [2.45, 2.75) is 5.75 Å². The van der Waals surface area contributed by atoms with Crippen LogP contribution in [0.15, 0.2) is 47.8 Å². The Kier molecular flexibility index (Phi) is 5.45. The van der Waals surface area contributed by atoms with E-state index in [2.05, 4.69) is 0 Å². The van der Waals surface area contributed by atoms with Crippen molar-refractivity contribution in [2.24, 2.45) is 0 Å². The summed E-state index contributed by atoms with van der Waals surface area (Å²) in [6.45, 7) is 2.41. The van der Waals surface area contributed by atoms with Crippen molar-refractivity contribution in [1.29, 1.82) is 0 Å². The van der Waals surface area contributed by atoms with Crippen LogP contribution in [0.1, 0.15) is 15.2 Å². The van der Waals surface area contributed by atoms with Crippen LogP contribution in [0.2, 0.25) is 0 Å². The van der Waals surface area contributed by atoms with E-state index in [4.69, 9.17) is 0 Å². The Hall–Kier alpha value is -1.54. The first-order valence-electron chi connectivity index (χ1n) is 7.85. The van der Waals surface area contributed by atoms with Crippen LogP contribution in [-0.2, 0) is 15.8 Å². The van der Waals surface area contributed by atoms with Gasteiger partial charge in [0, 0.05) is 26.2 Å². The Morgan fingerprint density at radius 3 is 2.33 bits per heavy atom. The Labute approximate surface area is 146 Å². The minimum atomic E-state index is -3.31. The molecule has 0 bridgehead atoms. The van der Waals surface area contributed by atoms with Gasteiger partial charge in [0.1, 0.15) is 0 Å². The minimum absolute atomic E-state index is 0.0297. The summed E-state index contributed by atoms with van der Waals surface area (Å²) in [5.41, 5.74) is 0.799. The second-order valence-corrected chi connectivity index (χ2v) is 8.73. The van der Waals surface area contributed by atoms with Crippen LogP contribution in [0.5, 0.6) is 0 Å². The minimum Gasteiger partial charge on any atom is -0.293 e. The van der Waals surface area contributed by atoms with Gasteiger partial charge in [0.15, 0.2) is 5.78 Å². The van der Waals surface area contributed by atoms with Gasteiger partial charge in [-0.25, -0.2) is 8.42 Å². The maximum absolute atomic E-state index is 12.5. The molecule has 1 fully saturated rings. The molecule has 2 aromatic rings. The third-order valence-corrected chi connectivity index (χ3v) is 6.84. The molecule has 0 aliphatic carbocycles. The molecule has 0 radical (unpaired) electrons. The van der Waals surface area contributed by atoms with Gasteiger partial charge in [-0.05, 0) is 17.0 Å². The number of Topliss-reactive ketones (excluding diaryl/α,β-unsaturated/α-hetero) is 1. The number of benzene rings is 1. The summed E-state index contributed by atoms with van der Waals surface area (Å²) in [7, 11) is -3.31. The van der Waals surface area contributed by atoms with Crippen molar-refractivity contribution < 1.29 is 13.2 Å². The van der Waals surface area contributed by atoms with E-state index in [1.54, 1.807) is 0 Å². The van der Waals surface area contributed by atoms with Gasteiger partial charge < -0.3 is 0 Å². The Balaban J connectivity index is 1.53. The molecule has 24 heavy (non-hydrogen) atoms. The predicted octanol–water partition coefficient (Wildman–Crippen LogP) is 2.08. The second-order valence-electron chi connectivity index (χ2n) is 5.82. The normalized spacial score (nSPS) is 17.0. The Morgan fingerprint density at radius 1 is 1.00 bits per heavy atom. The zero-order valence-electron chi connectivity index (χ0n) is 13.3. The number of hydrogen-bond donors (Lipinski definition) is 0. The van der Waals surface area contributed by atoms with E-state index in [-0.39, 0.29) is 11.5 Å². The summed E-state index contributed by atoms with van der Waals surface area (Å²) in [4.78, 5) is 14.9. The number of ketones is 1. The van der Waals surface area contributed by atoms with E-state index in [9.17, 15) is 13.2 Å². The van der Waals surface area contributed by atoms with E-state index in [1.165, 1.54) is 15.6 Å². The van der Waals surface area contributed by atoms with Gasteiger partial charge in [0.25, 0.3) is 0 Å². The summed E-state index contributed by atoms with van der Waals surface area (Å²) in [5.74, 6) is 0.132. The molecule has 5 nitrogen and oxygen atoms in total. The average Bonchev–Trinajstić information content (AvgIpc) is 3.10. The molecule has 1 saturated heterocycles. The molecular weight excluding hydrogens is 344 g/mol. The maximum Gasteiger partial charge on any atom is 0.218 e. The molecule has 128 valence electrons. The highest BCUT2D eigenvalue weighted by Crippen LogP contribution is 2.15. The van der Waals surface area contributed by atoms with Crippen molar-refractivity contribution >= 4 is 27.1 Å². The van der Waals surface area contributed by atoms with Crippen molar-refractivity contribution in [3.63, 3.8) is 0 Å². The van der Waals surface area contributed by atoms with E-state index in [0.29, 0.717) is 32.7 Å². The number of sulfonamides is 1. The molecule has 0 saturated carbocycles. The average molecular weight is 364 g/mol. The number of thiophene rings is 1. The number of carbonyl (C=O) groups excluding carboxylic acids is 1. The first kappa shape index (κ1) is 17.3. The van der Waals surface area contributed by atoms with E-state index >= 15 is 0 Å². The van der Waals surface area contributed by atoms with Crippen molar-refractivity contribution in [1.82, 2.24) is 9.21 Å². The molecule has 0 amide bonds. The number of hydrogen-bond acceptors (Lipinski definition) is 5. The van der Waals surface area contributed by atoms with Gasteiger partial charge in [-0.1, -0.05) is 36.4 Å². The molecule has 0 N–H and O–H groups in total. The predicted molar refractivity (Wildman–Crippen MR) is 95.7 cm³/mol. The number of piperazine rings is 1. The molecule has 3 rings (SSSR count). The second kappa shape index (κ2) is 7.57. The summed E-state index contributed by atoms with van der Waals surface area (Å²) in [6.07, 6.45) is 0. The van der Waals surface area contributed by atoms with Crippen molar-refractivity contribution in [3.05, 3.63) is 58.3 Å². The van der Waals surface area contributed by atoms with Crippen LogP contribution in [0, 0.1) is 0 Å². The molecule has 0 spiro atoms. The highest BCUT2D eigenvalue weighted by molar-refractivity contribution is 7.88. The molecule has 1 aliphatic rings. The molecular formula is C17H20N2O3S2. The Bertz CT molecular complexity index is 765. The van der Waals surface area contributed by atoms with Crippen LogP contribution >= 0.6 is 11.3 Å². The highest BCUT2D eigenvalue weighted by Gasteiger charge is 2.27. The smallest absolute Gasteiger partial charge is 0.218 e. The molecule has 1 aromatic carbocycles. The lowest BCUT2D eigenvalue weighted by molar-refractivity contribution is 0.0905. The first-order chi connectivity index (χ1) is 11.5. The summed E-state index contributed by atoms with van der Waals surface area (Å²) in [6, 6.07) is 12.9. The molecule has 7 heteroatoms. The monoisotopic (exact) mass is 364 g/mol. The van der Waals surface area contributed by atoms with Gasteiger partial charge in [0.2, 0.25) is 10.0 Å². The van der Waals surface area contributed by atoms with Gasteiger partial charge in [-0.15, -0.1) is 11.3 Å². The van der Waals surface area contributed by atoms with Crippen molar-refractivity contribution in [2.75, 3.05) is 32.7 Å². The fourth-order valence-electron chi connectivity index (χ4n) is 2.76. The standard InChI is InChI=1S/C17H20N2O3S2/c20-16(17-7-4-12-23-17)13-18-8-10-19(11-9-18)24(21,22)14-15-5-2-1-3-6-15/h1-7,12H,8-11,13-14H2. The van der Waals surface area contributed by atoms with E-state index in [0.717, 1.165) is 10.4 Å². The fraction of sp³-hybridized carbons (Fsp3) is 0.353. The van der Waals surface area contributed by atoms with Crippen molar-refractivity contribution in [3.8, 4) is 0 Å². The summed E-state index contributed by atoms with van der Waals surface area (Å²) < 4.78 is 26.6. The van der Waals surface area contributed by atoms with Crippen LogP contribution in [0.4, 0.5) is 0 Å². The summed E-state index contributed by atoms with van der Waals surface area (Å²) in [5, 5.41) is 1.89. The van der Waals surface area contributed by atoms with E-state index in [1.807, 2.05) is 52.7 Å². The van der Waals surface area contributed by atoms with Gasteiger partial charge >= 0.3 is 0 Å². The fourth-order valence-corrected chi connectivity index (χ4v) is 4.93. The topological polar surface area (TPSA) is 57.7 Å². The zero-order valence-corrected chi connectivity index (χ0v) is 14.9. The highest BCUT2D eigenvalue weighted by atomic mass is 32.2. The first-order valence-corrected chi connectivity index (χ1v) is 10.3. The zero-order chi connectivity index (χ0) is 17.0. The SMILES string of the molecule is O=C(CN1CCN(S(=O)(=O)Cc2ccccc2)CC1)c1cccs1. The van der Waals surface area contributed by atoms with E-state index < -0.39 is 10.0 Å². The number of nitrogens with zero attached hydrogens (tertiary/aromatic N) is 2. The molecule has 1 aromatic heterocycles. The Morgan fingerprint density at radius 2 is 1.71 bits per heavy atom. The number of carbonyl (C=O) groups is 1. The number of rotatable bonds is 6. The summed E-state index contributed by atoms with van der Waals surface area (Å²) >= 11 is 1.44. The quantitative estimate of drug-likeness (QED) is 0.737. The molecule has 1 aliphatic heterocycles. The molecule has 2 heterocycles. The lowest BCUT2D eigenvalue weighted by Gasteiger charge is -2.33. The molecule has 0 unspecified atom stereocenters.